The molecule has 0 bridgehead atoms. The number of unbranched alkanes of at least 4 members (excludes halogenated alkanes) is 1. The Labute approximate surface area is 91.5 Å². The van der Waals surface area contributed by atoms with E-state index in [2.05, 4.69) is 35.6 Å². The van der Waals surface area contributed by atoms with Gasteiger partial charge in [-0.2, -0.15) is 0 Å². The summed E-state index contributed by atoms with van der Waals surface area (Å²) in [6.45, 7) is 12.4. The van der Waals surface area contributed by atoms with Crippen LogP contribution in [-0.4, -0.2) is 18.0 Å². The quantitative estimate of drug-likeness (QED) is 0.736. The third-order valence-corrected chi connectivity index (χ3v) is 2.95. The second kappa shape index (κ2) is 4.01. The fourth-order valence-electron chi connectivity index (χ4n) is 2.12. The van der Waals surface area contributed by atoms with Crippen molar-refractivity contribution in [3.8, 4) is 0 Å². The lowest BCUT2D eigenvalue weighted by Gasteiger charge is -2.28. The van der Waals surface area contributed by atoms with E-state index in [1.165, 1.54) is 24.2 Å². The topological polar surface area (TPSA) is 27.3 Å². The molecule has 0 unspecified atom stereocenters. The van der Waals surface area contributed by atoms with E-state index in [0.29, 0.717) is 0 Å². The monoisotopic (exact) mass is 205 g/mol. The zero-order valence-corrected chi connectivity index (χ0v) is 9.40. The van der Waals surface area contributed by atoms with Gasteiger partial charge in [-0.3, -0.25) is 0 Å². The summed E-state index contributed by atoms with van der Waals surface area (Å²) < 4.78 is 0. The summed E-state index contributed by atoms with van der Waals surface area (Å²) in [5.41, 5.74) is 2.33. The molecule has 0 aliphatic carbocycles. The number of hydrogen-bond donors (Lipinski definition) is 2. The van der Waals surface area contributed by atoms with Crippen LogP contribution in [0.15, 0.2) is 36.1 Å². The Morgan fingerprint density at radius 2 is 2.13 bits per heavy atom. The van der Waals surface area contributed by atoms with Crippen LogP contribution in [0.4, 0.5) is 0 Å². The van der Waals surface area contributed by atoms with Crippen molar-refractivity contribution in [1.29, 1.82) is 0 Å². The average Bonchev–Trinajstić information content (AvgIpc) is 2.58. The first-order chi connectivity index (χ1) is 7.22. The highest BCUT2D eigenvalue weighted by molar-refractivity contribution is 5.40. The van der Waals surface area contributed by atoms with Gasteiger partial charge in [-0.25, -0.2) is 0 Å². The second-order valence-electron chi connectivity index (χ2n) is 4.12. The van der Waals surface area contributed by atoms with Gasteiger partial charge in [0, 0.05) is 24.4 Å². The molecule has 15 heavy (non-hydrogen) atoms. The number of nitrogens with zero attached hydrogens (tertiary/aromatic N) is 1. The van der Waals surface area contributed by atoms with E-state index in [0.717, 1.165) is 31.0 Å². The zero-order valence-electron chi connectivity index (χ0n) is 9.40. The third-order valence-electron chi connectivity index (χ3n) is 2.95. The van der Waals surface area contributed by atoms with Gasteiger partial charge in [0.15, 0.2) is 0 Å². The van der Waals surface area contributed by atoms with E-state index in [-0.39, 0.29) is 0 Å². The van der Waals surface area contributed by atoms with Gasteiger partial charge >= 0.3 is 0 Å². The minimum atomic E-state index is 0.835. The van der Waals surface area contributed by atoms with Gasteiger partial charge in [-0.1, -0.05) is 26.5 Å². The Balaban J connectivity index is 2.13. The van der Waals surface area contributed by atoms with Gasteiger partial charge in [0.25, 0.3) is 0 Å². The molecule has 0 aromatic rings. The average molecular weight is 205 g/mol. The number of allylic oxidation sites excluding steroid dienone is 1. The van der Waals surface area contributed by atoms with E-state index in [4.69, 9.17) is 0 Å². The van der Waals surface area contributed by atoms with Crippen molar-refractivity contribution in [3.05, 3.63) is 36.1 Å². The molecule has 0 saturated heterocycles. The maximum absolute atomic E-state index is 4.03. The van der Waals surface area contributed by atoms with Crippen LogP contribution < -0.4 is 10.6 Å². The molecular weight excluding hydrogens is 186 g/mol. The van der Waals surface area contributed by atoms with Crippen LogP contribution in [0.5, 0.6) is 0 Å². The van der Waals surface area contributed by atoms with Crippen molar-refractivity contribution in [3.63, 3.8) is 0 Å². The van der Waals surface area contributed by atoms with Gasteiger partial charge in [0.1, 0.15) is 11.6 Å². The molecule has 0 aromatic carbocycles. The van der Waals surface area contributed by atoms with E-state index in [1.54, 1.807) is 0 Å². The van der Waals surface area contributed by atoms with Gasteiger partial charge < -0.3 is 15.5 Å². The molecule has 0 fully saturated rings. The molecule has 3 nitrogen and oxygen atoms in total. The summed E-state index contributed by atoms with van der Waals surface area (Å²) in [6, 6.07) is 0. The summed E-state index contributed by atoms with van der Waals surface area (Å²) in [7, 11) is 0. The van der Waals surface area contributed by atoms with Crippen LogP contribution in [-0.2, 0) is 0 Å². The van der Waals surface area contributed by atoms with E-state index >= 15 is 0 Å². The maximum Gasteiger partial charge on any atom is 0.112 e. The molecule has 0 spiro atoms. The minimum Gasteiger partial charge on any atom is -0.358 e. The number of rotatable bonds is 3. The molecule has 2 rings (SSSR count). The highest BCUT2D eigenvalue weighted by Crippen LogP contribution is 2.28. The molecule has 82 valence electrons. The molecule has 0 aromatic heterocycles. The Hall–Kier alpha value is -1.38. The maximum atomic E-state index is 4.03. The summed E-state index contributed by atoms with van der Waals surface area (Å²) in [6.07, 6.45) is 3.56. The first kappa shape index (κ1) is 10.1. The van der Waals surface area contributed by atoms with E-state index < -0.39 is 0 Å². The van der Waals surface area contributed by atoms with Crippen LogP contribution >= 0.6 is 0 Å². The molecule has 0 saturated carbocycles. The Bertz CT molecular complexity index is 328. The SMILES string of the molecule is C=C1NC(=C)C2=C(N1)N(CCCC)CC2. The van der Waals surface area contributed by atoms with Crippen molar-refractivity contribution >= 4 is 0 Å². The Morgan fingerprint density at radius 1 is 1.33 bits per heavy atom. The minimum absolute atomic E-state index is 0.835. The normalized spacial score (nSPS) is 20.2. The van der Waals surface area contributed by atoms with Crippen molar-refractivity contribution in [1.82, 2.24) is 15.5 Å². The number of hydrogen-bond acceptors (Lipinski definition) is 3. The highest BCUT2D eigenvalue weighted by atomic mass is 15.3. The lowest BCUT2D eigenvalue weighted by Crippen LogP contribution is -2.36. The van der Waals surface area contributed by atoms with Crippen molar-refractivity contribution in [2.45, 2.75) is 26.2 Å². The summed E-state index contributed by atoms with van der Waals surface area (Å²) in [4.78, 5) is 2.40. The molecule has 0 amide bonds. The Morgan fingerprint density at radius 3 is 2.87 bits per heavy atom. The lowest BCUT2D eigenvalue weighted by molar-refractivity contribution is 0.348. The van der Waals surface area contributed by atoms with Crippen LogP contribution in [0.3, 0.4) is 0 Å². The van der Waals surface area contributed by atoms with Gasteiger partial charge in [0.2, 0.25) is 0 Å². The molecule has 2 N–H and O–H groups in total. The molecule has 0 radical (unpaired) electrons. The summed E-state index contributed by atoms with van der Waals surface area (Å²) in [5, 5.41) is 6.45. The first-order valence-electron chi connectivity index (χ1n) is 5.62. The standard InChI is InChI=1S/C12H19N3/c1-4-5-7-15-8-6-11-9(2)13-10(3)14-12(11)15/h13-14H,2-8H2,1H3. The second-order valence-corrected chi connectivity index (χ2v) is 4.12. The zero-order chi connectivity index (χ0) is 10.8. The van der Waals surface area contributed by atoms with Crippen LogP contribution in [0, 0.1) is 0 Å². The first-order valence-corrected chi connectivity index (χ1v) is 5.62. The van der Waals surface area contributed by atoms with Crippen LogP contribution in [0.1, 0.15) is 26.2 Å². The summed E-state index contributed by atoms with van der Waals surface area (Å²) >= 11 is 0. The van der Waals surface area contributed by atoms with Gasteiger partial charge in [-0.05, 0) is 12.8 Å². The lowest BCUT2D eigenvalue weighted by atomic mass is 10.1. The third kappa shape index (κ3) is 1.87. The smallest absolute Gasteiger partial charge is 0.112 e. The van der Waals surface area contributed by atoms with Gasteiger partial charge in [0.05, 0.1) is 0 Å². The fraction of sp³-hybridized carbons (Fsp3) is 0.500. The molecule has 2 heterocycles. The van der Waals surface area contributed by atoms with Crippen molar-refractivity contribution in [2.24, 2.45) is 0 Å². The predicted octanol–water partition coefficient (Wildman–Crippen LogP) is 1.88. The van der Waals surface area contributed by atoms with E-state index in [9.17, 15) is 0 Å². The van der Waals surface area contributed by atoms with Gasteiger partial charge in [-0.15, -0.1) is 0 Å². The molecule has 3 heteroatoms. The highest BCUT2D eigenvalue weighted by Gasteiger charge is 2.27. The largest absolute Gasteiger partial charge is 0.358 e. The predicted molar refractivity (Wildman–Crippen MR) is 62.7 cm³/mol. The fourth-order valence-corrected chi connectivity index (χ4v) is 2.12. The van der Waals surface area contributed by atoms with Crippen LogP contribution in [0.25, 0.3) is 0 Å². The van der Waals surface area contributed by atoms with E-state index in [1.807, 2.05) is 0 Å². The molecule has 0 atom stereocenters. The molecule has 2 aliphatic rings. The van der Waals surface area contributed by atoms with Crippen molar-refractivity contribution < 1.29 is 0 Å². The number of nitrogens with one attached hydrogen (secondary N) is 2. The van der Waals surface area contributed by atoms with Crippen molar-refractivity contribution in [2.75, 3.05) is 13.1 Å². The Kier molecular flexibility index (Phi) is 2.71. The molecular formula is C12H19N3. The molecule has 2 aliphatic heterocycles. The summed E-state index contributed by atoms with van der Waals surface area (Å²) in [5.74, 6) is 2.05. The van der Waals surface area contributed by atoms with Crippen LogP contribution in [0.2, 0.25) is 0 Å².